The van der Waals surface area contributed by atoms with Crippen LogP contribution in [0.4, 0.5) is 0 Å². The highest BCUT2D eigenvalue weighted by molar-refractivity contribution is 5.89. The molecule has 1 aromatic carbocycles. The van der Waals surface area contributed by atoms with E-state index in [0.717, 1.165) is 5.56 Å². The monoisotopic (exact) mass is 343 g/mol. The standard InChI is InChI=1S/C19H21NO5/c1-23-17-16(8-14(11-20-17)18(21)24-2)19(22)9-15(10-19)25-12-13-6-4-3-5-7-13/h3-8,11,15,22H,9-10,12H2,1-2H3. The Labute approximate surface area is 146 Å². The first-order chi connectivity index (χ1) is 12.1. The van der Waals surface area contributed by atoms with E-state index < -0.39 is 11.6 Å². The molecule has 25 heavy (non-hydrogen) atoms. The third kappa shape index (κ3) is 3.65. The number of methoxy groups -OCH3 is 2. The highest BCUT2D eigenvalue weighted by atomic mass is 16.5. The van der Waals surface area contributed by atoms with Crippen molar-refractivity contribution in [2.45, 2.75) is 31.2 Å². The Hall–Kier alpha value is -2.44. The van der Waals surface area contributed by atoms with Crippen LogP contribution in [0.15, 0.2) is 42.6 Å². The van der Waals surface area contributed by atoms with Gasteiger partial charge in [-0.15, -0.1) is 0 Å². The Kier molecular flexibility index (Phi) is 5.01. The van der Waals surface area contributed by atoms with Gasteiger partial charge in [0.25, 0.3) is 0 Å². The van der Waals surface area contributed by atoms with E-state index in [1.165, 1.54) is 20.4 Å². The minimum absolute atomic E-state index is 0.0586. The van der Waals surface area contributed by atoms with Crippen LogP contribution in [0, 0.1) is 0 Å². The summed E-state index contributed by atoms with van der Waals surface area (Å²) in [5.74, 6) is -0.201. The van der Waals surface area contributed by atoms with E-state index in [2.05, 4.69) is 4.98 Å². The first-order valence-electron chi connectivity index (χ1n) is 8.06. The Morgan fingerprint density at radius 2 is 2.00 bits per heavy atom. The van der Waals surface area contributed by atoms with E-state index in [4.69, 9.17) is 14.2 Å². The number of nitrogens with zero attached hydrogens (tertiary/aromatic N) is 1. The zero-order valence-electron chi connectivity index (χ0n) is 14.3. The molecule has 1 fully saturated rings. The van der Waals surface area contributed by atoms with Crippen LogP contribution in [0.1, 0.15) is 34.3 Å². The first-order valence-corrected chi connectivity index (χ1v) is 8.06. The minimum Gasteiger partial charge on any atom is -0.481 e. The van der Waals surface area contributed by atoms with Crippen molar-refractivity contribution in [2.75, 3.05) is 14.2 Å². The Morgan fingerprint density at radius 3 is 2.64 bits per heavy atom. The summed E-state index contributed by atoms with van der Waals surface area (Å²) in [5.41, 5.74) is 0.728. The summed E-state index contributed by atoms with van der Waals surface area (Å²) in [7, 11) is 2.78. The minimum atomic E-state index is -1.12. The van der Waals surface area contributed by atoms with E-state index >= 15 is 0 Å². The molecule has 0 unspecified atom stereocenters. The van der Waals surface area contributed by atoms with Gasteiger partial charge >= 0.3 is 5.97 Å². The fourth-order valence-corrected chi connectivity index (χ4v) is 3.00. The Morgan fingerprint density at radius 1 is 1.28 bits per heavy atom. The molecule has 1 heterocycles. The summed E-state index contributed by atoms with van der Waals surface area (Å²) in [6, 6.07) is 11.5. The second-order valence-corrected chi connectivity index (χ2v) is 6.13. The van der Waals surface area contributed by atoms with Crippen molar-refractivity contribution in [1.82, 2.24) is 4.98 Å². The maximum absolute atomic E-state index is 11.7. The number of hydrogen-bond donors (Lipinski definition) is 1. The summed E-state index contributed by atoms with van der Waals surface area (Å²) in [6.45, 7) is 0.499. The lowest BCUT2D eigenvalue weighted by Crippen LogP contribution is -2.46. The first kappa shape index (κ1) is 17.4. The van der Waals surface area contributed by atoms with Crippen LogP contribution in [0.2, 0.25) is 0 Å². The lowest BCUT2D eigenvalue weighted by Gasteiger charge is -2.43. The highest BCUT2D eigenvalue weighted by Gasteiger charge is 2.47. The van der Waals surface area contributed by atoms with Gasteiger partial charge in [0.2, 0.25) is 5.88 Å². The molecule has 1 saturated carbocycles. The maximum Gasteiger partial charge on any atom is 0.339 e. The van der Waals surface area contributed by atoms with Crippen LogP contribution >= 0.6 is 0 Å². The predicted molar refractivity (Wildman–Crippen MR) is 90.3 cm³/mol. The van der Waals surface area contributed by atoms with Crippen LogP contribution in [-0.4, -0.2) is 36.4 Å². The van der Waals surface area contributed by atoms with Gasteiger partial charge in [-0.1, -0.05) is 30.3 Å². The normalized spacial score (nSPS) is 22.1. The van der Waals surface area contributed by atoms with E-state index in [0.29, 0.717) is 30.9 Å². The van der Waals surface area contributed by atoms with Gasteiger partial charge in [-0.3, -0.25) is 0 Å². The number of ether oxygens (including phenoxy) is 3. The average molecular weight is 343 g/mol. The molecule has 0 spiro atoms. The Bertz CT molecular complexity index is 741. The Balaban J connectivity index is 1.69. The summed E-state index contributed by atoms with van der Waals surface area (Å²) >= 11 is 0. The number of carbonyl (C=O) groups excluding carboxylic acids is 1. The predicted octanol–water partition coefficient (Wildman–Crippen LogP) is 2.44. The lowest BCUT2D eigenvalue weighted by molar-refractivity contribution is -0.150. The molecular formula is C19H21NO5. The van der Waals surface area contributed by atoms with E-state index in [1.807, 2.05) is 30.3 Å². The molecule has 1 aliphatic rings. The number of esters is 1. The van der Waals surface area contributed by atoms with Gasteiger partial charge in [0.15, 0.2) is 0 Å². The van der Waals surface area contributed by atoms with Gasteiger partial charge < -0.3 is 19.3 Å². The van der Waals surface area contributed by atoms with Crippen molar-refractivity contribution < 1.29 is 24.1 Å². The summed E-state index contributed by atoms with van der Waals surface area (Å²) < 4.78 is 15.8. The second kappa shape index (κ2) is 7.21. The van der Waals surface area contributed by atoms with Crippen molar-refractivity contribution in [3.63, 3.8) is 0 Å². The van der Waals surface area contributed by atoms with Gasteiger partial charge in [0.1, 0.15) is 0 Å². The fraction of sp³-hybridized carbons (Fsp3) is 0.368. The molecule has 0 amide bonds. The number of rotatable bonds is 6. The molecule has 132 valence electrons. The number of aliphatic hydroxyl groups is 1. The van der Waals surface area contributed by atoms with E-state index in [1.54, 1.807) is 6.07 Å². The third-order valence-corrected chi connectivity index (χ3v) is 4.43. The largest absolute Gasteiger partial charge is 0.481 e. The number of hydrogen-bond acceptors (Lipinski definition) is 6. The quantitative estimate of drug-likeness (QED) is 0.812. The summed E-state index contributed by atoms with van der Waals surface area (Å²) in [6.07, 6.45) is 2.15. The van der Waals surface area contributed by atoms with Crippen LogP contribution in [0.5, 0.6) is 5.88 Å². The maximum atomic E-state index is 11.7. The topological polar surface area (TPSA) is 77.9 Å². The van der Waals surface area contributed by atoms with Gasteiger partial charge in [-0.05, 0) is 11.6 Å². The van der Waals surface area contributed by atoms with Gasteiger partial charge in [-0.2, -0.15) is 0 Å². The molecule has 6 heteroatoms. The molecule has 1 N–H and O–H groups in total. The second-order valence-electron chi connectivity index (χ2n) is 6.13. The highest BCUT2D eigenvalue weighted by Crippen LogP contribution is 2.46. The molecule has 0 atom stereocenters. The van der Waals surface area contributed by atoms with Gasteiger partial charge in [0.05, 0.1) is 38.1 Å². The SMILES string of the molecule is COC(=O)c1cnc(OC)c(C2(O)CC(OCc3ccccc3)C2)c1. The number of aromatic nitrogens is 1. The van der Waals surface area contributed by atoms with Crippen LogP contribution in [0.25, 0.3) is 0 Å². The van der Waals surface area contributed by atoms with Crippen molar-refractivity contribution in [1.29, 1.82) is 0 Å². The average Bonchev–Trinajstić information content (AvgIpc) is 2.63. The molecule has 1 aliphatic carbocycles. The van der Waals surface area contributed by atoms with Crippen LogP contribution in [0.3, 0.4) is 0 Å². The van der Waals surface area contributed by atoms with Gasteiger partial charge in [-0.25, -0.2) is 9.78 Å². The smallest absolute Gasteiger partial charge is 0.339 e. The number of benzene rings is 1. The van der Waals surface area contributed by atoms with Crippen LogP contribution < -0.4 is 4.74 Å². The third-order valence-electron chi connectivity index (χ3n) is 4.43. The number of pyridine rings is 1. The summed E-state index contributed by atoms with van der Waals surface area (Å²) in [5, 5.41) is 10.9. The molecule has 2 aromatic rings. The molecule has 0 bridgehead atoms. The van der Waals surface area contributed by atoms with E-state index in [-0.39, 0.29) is 11.7 Å². The molecule has 0 radical (unpaired) electrons. The van der Waals surface area contributed by atoms with Crippen LogP contribution in [-0.2, 0) is 21.7 Å². The molecule has 0 aliphatic heterocycles. The zero-order chi connectivity index (χ0) is 17.9. The fourth-order valence-electron chi connectivity index (χ4n) is 3.00. The molecular weight excluding hydrogens is 322 g/mol. The number of carbonyl (C=O) groups is 1. The molecule has 6 nitrogen and oxygen atoms in total. The van der Waals surface area contributed by atoms with Crippen molar-refractivity contribution in [2.24, 2.45) is 0 Å². The van der Waals surface area contributed by atoms with Gasteiger partial charge in [0, 0.05) is 24.6 Å². The zero-order valence-corrected chi connectivity index (χ0v) is 14.3. The molecule has 3 rings (SSSR count). The van der Waals surface area contributed by atoms with Crippen molar-refractivity contribution >= 4 is 5.97 Å². The molecule has 1 aromatic heterocycles. The molecule has 0 saturated heterocycles. The van der Waals surface area contributed by atoms with Crippen molar-refractivity contribution in [3.05, 3.63) is 59.3 Å². The van der Waals surface area contributed by atoms with E-state index in [9.17, 15) is 9.90 Å². The summed E-state index contributed by atoms with van der Waals surface area (Å²) in [4.78, 5) is 15.8. The lowest BCUT2D eigenvalue weighted by atomic mass is 9.72. The van der Waals surface area contributed by atoms with Crippen molar-refractivity contribution in [3.8, 4) is 5.88 Å².